The Balaban J connectivity index is 1.06. The minimum absolute atomic E-state index is 0.616. The van der Waals surface area contributed by atoms with Gasteiger partial charge in [-0.25, -0.2) is 15.0 Å². The van der Waals surface area contributed by atoms with Gasteiger partial charge in [0.2, 0.25) is 0 Å². The third-order valence-electron chi connectivity index (χ3n) is 14.5. The summed E-state index contributed by atoms with van der Waals surface area (Å²) in [6, 6.07) is 82.5. The van der Waals surface area contributed by atoms with Gasteiger partial charge in [0.25, 0.3) is 0 Å². The minimum Gasteiger partial charge on any atom is -0.457 e. The van der Waals surface area contributed by atoms with Crippen LogP contribution >= 0.6 is 11.3 Å². The number of hydrogen-bond donors (Lipinski definition) is 0. The first-order valence-corrected chi connectivity index (χ1v) is 24.5. The molecule has 2 aliphatic rings. The Morgan fingerprint density at radius 2 is 0.957 bits per heavy atom. The van der Waals surface area contributed by atoms with E-state index in [2.05, 4.69) is 199 Å². The first-order valence-electron chi connectivity index (χ1n) is 23.7. The van der Waals surface area contributed by atoms with Gasteiger partial charge in [-0.2, -0.15) is 0 Å². The Morgan fingerprint density at radius 1 is 0.386 bits per heavy atom. The normalized spacial score (nSPS) is 13.1. The largest absolute Gasteiger partial charge is 0.457 e. The van der Waals surface area contributed by atoms with E-state index in [1.807, 2.05) is 47.7 Å². The van der Waals surface area contributed by atoms with Gasteiger partial charge in [0.15, 0.2) is 17.5 Å². The van der Waals surface area contributed by atoms with Crippen molar-refractivity contribution < 1.29 is 4.74 Å². The molecule has 1 aliphatic heterocycles. The first kappa shape index (κ1) is 39.1. The number of nitrogens with zero attached hydrogens (tertiary/aromatic N) is 4. The van der Waals surface area contributed by atoms with E-state index in [9.17, 15) is 0 Å². The van der Waals surface area contributed by atoms with Gasteiger partial charge in [-0.1, -0.05) is 182 Å². The van der Waals surface area contributed by atoms with Gasteiger partial charge in [-0.15, -0.1) is 11.3 Å². The lowest BCUT2D eigenvalue weighted by Gasteiger charge is -2.39. The Labute approximate surface area is 407 Å². The smallest absolute Gasteiger partial charge is 0.164 e. The lowest BCUT2D eigenvalue weighted by atomic mass is 9.66. The average molecular weight is 911 g/mol. The highest BCUT2D eigenvalue weighted by atomic mass is 32.1. The Morgan fingerprint density at radius 3 is 1.67 bits per heavy atom. The molecule has 0 N–H and O–H groups in total. The molecule has 5 nitrogen and oxygen atoms in total. The summed E-state index contributed by atoms with van der Waals surface area (Å²) >= 11 is 1.87. The van der Waals surface area contributed by atoms with Crippen molar-refractivity contribution in [2.45, 2.75) is 5.41 Å². The maximum absolute atomic E-state index is 6.79. The molecule has 4 heterocycles. The molecule has 10 aromatic carbocycles. The Bertz CT molecular complexity index is 4170. The predicted octanol–water partition coefficient (Wildman–Crippen LogP) is 16.5. The van der Waals surface area contributed by atoms with E-state index >= 15 is 0 Å². The summed E-state index contributed by atoms with van der Waals surface area (Å²) in [4.78, 5) is 15.5. The number of para-hydroxylation sites is 4. The molecule has 0 amide bonds. The highest BCUT2D eigenvalue weighted by Crippen LogP contribution is 2.64. The van der Waals surface area contributed by atoms with Crippen LogP contribution in [-0.2, 0) is 5.41 Å². The molecule has 1 aliphatic carbocycles. The molecule has 0 saturated carbocycles. The fraction of sp³-hybridized carbons (Fsp3) is 0.0156. The molecule has 0 fully saturated rings. The first-order chi connectivity index (χ1) is 34.7. The molecule has 1 spiro atoms. The maximum atomic E-state index is 6.79. The molecular formula is C64H38N4OS. The van der Waals surface area contributed by atoms with E-state index in [0.29, 0.717) is 17.5 Å². The van der Waals surface area contributed by atoms with Crippen molar-refractivity contribution in [3.63, 3.8) is 0 Å². The summed E-state index contributed by atoms with van der Waals surface area (Å²) in [5.41, 5.74) is 15.0. The minimum atomic E-state index is -0.689. The van der Waals surface area contributed by atoms with Crippen molar-refractivity contribution in [1.82, 2.24) is 19.5 Å². The Hall–Kier alpha value is -8.97. The molecule has 13 aromatic rings. The third kappa shape index (κ3) is 5.50. The second-order valence-corrected chi connectivity index (χ2v) is 19.3. The van der Waals surface area contributed by atoms with E-state index in [1.165, 1.54) is 69.8 Å². The van der Waals surface area contributed by atoms with Gasteiger partial charge in [0.05, 0.1) is 16.4 Å². The Kier molecular flexibility index (Phi) is 8.38. The molecule has 0 atom stereocenters. The summed E-state index contributed by atoms with van der Waals surface area (Å²) in [5, 5.41) is 5.00. The maximum Gasteiger partial charge on any atom is 0.164 e. The van der Waals surface area contributed by atoms with E-state index in [0.717, 1.165) is 50.6 Å². The fourth-order valence-electron chi connectivity index (χ4n) is 11.7. The number of rotatable bonds is 5. The molecule has 3 aromatic heterocycles. The predicted molar refractivity (Wildman–Crippen MR) is 286 cm³/mol. The molecule has 0 unspecified atom stereocenters. The highest BCUT2D eigenvalue weighted by Gasteiger charge is 2.52. The molecule has 70 heavy (non-hydrogen) atoms. The molecule has 0 saturated heterocycles. The van der Waals surface area contributed by atoms with Crippen LogP contribution in [0.2, 0.25) is 0 Å². The summed E-state index contributed by atoms with van der Waals surface area (Å²) in [5.74, 6) is 3.59. The highest BCUT2D eigenvalue weighted by molar-refractivity contribution is 7.26. The van der Waals surface area contributed by atoms with Gasteiger partial charge in [0.1, 0.15) is 11.5 Å². The third-order valence-corrected chi connectivity index (χ3v) is 15.6. The molecule has 0 radical (unpaired) electrons. The monoisotopic (exact) mass is 910 g/mol. The number of aromatic nitrogens is 4. The van der Waals surface area contributed by atoms with E-state index in [4.69, 9.17) is 19.7 Å². The van der Waals surface area contributed by atoms with Crippen LogP contribution in [0.3, 0.4) is 0 Å². The lowest BCUT2D eigenvalue weighted by molar-refractivity contribution is 0.436. The van der Waals surface area contributed by atoms with E-state index < -0.39 is 5.41 Å². The van der Waals surface area contributed by atoms with Crippen LogP contribution in [0.1, 0.15) is 22.3 Å². The standard InChI is InChI=1S/C64H38N4OS/c1-4-18-39(19-5-1)61-65-62(40-20-6-2-7-21-40)67-63(66-61)41-34-36-48-47(38-41)57-44(25-16-29-51(57)64(48)49-27-11-14-31-53(49)69-54-32-15-12-28-50(54)64)45-26-17-33-55-58(45)59-56(70-55)37-35-46-43-24-10-13-30-52(43)68(60(46)59)42-22-8-3-9-23-42/h1-38H. The number of hydrogen-bond acceptors (Lipinski definition) is 5. The van der Waals surface area contributed by atoms with Crippen molar-refractivity contribution in [1.29, 1.82) is 0 Å². The SMILES string of the molecule is c1ccc(-c2nc(-c3ccccc3)nc(-c3ccc4c(c3)-c3c(-c5cccc6sc7ccc8c9ccccc9n(-c9ccccc9)c8c7c56)cccc3C43c4ccccc4Oc4ccccc43)n2)cc1. The van der Waals surface area contributed by atoms with Crippen molar-refractivity contribution >= 4 is 53.3 Å². The number of benzene rings is 10. The van der Waals surface area contributed by atoms with Gasteiger partial charge in [0, 0.05) is 64.4 Å². The van der Waals surface area contributed by atoms with Crippen LogP contribution in [0.25, 0.3) is 104 Å². The molecule has 6 heteroatoms. The van der Waals surface area contributed by atoms with Crippen LogP contribution in [0.5, 0.6) is 11.5 Å². The van der Waals surface area contributed by atoms with Crippen molar-refractivity contribution in [3.8, 4) is 73.6 Å². The van der Waals surface area contributed by atoms with Crippen LogP contribution in [-0.4, -0.2) is 19.5 Å². The zero-order chi connectivity index (χ0) is 45.9. The topological polar surface area (TPSA) is 52.8 Å². The molecule has 326 valence electrons. The fourth-order valence-corrected chi connectivity index (χ4v) is 12.8. The molecule has 15 rings (SSSR count). The van der Waals surface area contributed by atoms with Crippen LogP contribution in [0, 0.1) is 0 Å². The van der Waals surface area contributed by atoms with Crippen molar-refractivity contribution in [2.75, 3.05) is 0 Å². The van der Waals surface area contributed by atoms with Crippen molar-refractivity contribution in [2.24, 2.45) is 0 Å². The summed E-state index contributed by atoms with van der Waals surface area (Å²) < 4.78 is 11.8. The second-order valence-electron chi connectivity index (χ2n) is 18.2. The van der Waals surface area contributed by atoms with E-state index in [1.54, 1.807) is 0 Å². The summed E-state index contributed by atoms with van der Waals surface area (Å²) in [6.45, 7) is 0. The number of ether oxygens (including phenoxy) is 1. The van der Waals surface area contributed by atoms with Gasteiger partial charge >= 0.3 is 0 Å². The van der Waals surface area contributed by atoms with Gasteiger partial charge in [-0.05, 0) is 81.9 Å². The van der Waals surface area contributed by atoms with E-state index in [-0.39, 0.29) is 0 Å². The number of fused-ring (bicyclic) bond motifs is 16. The average Bonchev–Trinajstić information content (AvgIpc) is 4.08. The summed E-state index contributed by atoms with van der Waals surface area (Å²) in [6.07, 6.45) is 0. The van der Waals surface area contributed by atoms with Gasteiger partial charge in [-0.3, -0.25) is 0 Å². The van der Waals surface area contributed by atoms with Crippen LogP contribution in [0.4, 0.5) is 0 Å². The van der Waals surface area contributed by atoms with Crippen LogP contribution in [0.15, 0.2) is 231 Å². The second kappa shape index (κ2) is 15.0. The molecule has 0 bridgehead atoms. The summed E-state index contributed by atoms with van der Waals surface area (Å²) in [7, 11) is 0. The number of thiophene rings is 1. The van der Waals surface area contributed by atoms with Gasteiger partial charge < -0.3 is 9.30 Å². The zero-order valence-corrected chi connectivity index (χ0v) is 38.4. The molecular weight excluding hydrogens is 873 g/mol. The quantitative estimate of drug-likeness (QED) is 0.173. The van der Waals surface area contributed by atoms with Crippen LogP contribution < -0.4 is 4.74 Å². The lowest BCUT2D eigenvalue weighted by Crippen LogP contribution is -2.32. The van der Waals surface area contributed by atoms with Crippen molar-refractivity contribution in [3.05, 3.63) is 253 Å². The zero-order valence-electron chi connectivity index (χ0n) is 37.5.